The monoisotopic (exact) mass is 430 g/mol. The molecule has 1 N–H and O–H groups in total. The number of carbonyl (C=O) groups is 1. The van der Waals surface area contributed by atoms with Crippen molar-refractivity contribution in [1.82, 2.24) is 0 Å². The van der Waals surface area contributed by atoms with E-state index >= 15 is 0 Å². The van der Waals surface area contributed by atoms with E-state index in [0.717, 1.165) is 24.0 Å². The topological polar surface area (TPSA) is 46.5 Å². The van der Waals surface area contributed by atoms with E-state index in [-0.39, 0.29) is 24.9 Å². The van der Waals surface area contributed by atoms with Crippen LogP contribution in [-0.2, 0) is 6.42 Å². The van der Waals surface area contributed by atoms with Crippen molar-refractivity contribution in [2.75, 3.05) is 6.61 Å². The molecule has 3 nitrogen and oxygen atoms in total. The molecule has 0 amide bonds. The minimum atomic E-state index is -1.04. The number of benzene rings is 1. The Hall–Kier alpha value is -1.14. The Morgan fingerprint density at radius 2 is 1.96 bits per heavy atom. The fraction of sp³-hybridized carbons (Fsp3) is 0.450. The maximum Gasteiger partial charge on any atom is 0.160 e. The minimum absolute atomic E-state index is 0.142. The average molecular weight is 431 g/mol. The smallest absolute Gasteiger partial charge is 0.160 e. The van der Waals surface area contributed by atoms with Gasteiger partial charge >= 0.3 is 0 Å². The molecule has 1 saturated carbocycles. The van der Waals surface area contributed by atoms with Gasteiger partial charge in [-0.15, -0.1) is 11.3 Å². The third-order valence-corrected chi connectivity index (χ3v) is 6.52. The largest absolute Gasteiger partial charge is 0.493 e. The molecule has 1 fully saturated rings. The first-order valence-corrected chi connectivity index (χ1v) is 10.5. The molecule has 1 aromatic heterocycles. The van der Waals surface area contributed by atoms with Gasteiger partial charge in [-0.2, -0.15) is 0 Å². The lowest BCUT2D eigenvalue weighted by Gasteiger charge is -2.23. The predicted molar refractivity (Wildman–Crippen MR) is 107 cm³/mol. The number of aryl methyl sites for hydroxylation is 1. The molecule has 0 radical (unpaired) electrons. The summed E-state index contributed by atoms with van der Waals surface area (Å²) in [6.45, 7) is 0.219. The Morgan fingerprint density at radius 3 is 2.63 bits per heavy atom. The van der Waals surface area contributed by atoms with Crippen LogP contribution in [0.5, 0.6) is 5.75 Å². The molecule has 3 rings (SSSR count). The van der Waals surface area contributed by atoms with Crippen LogP contribution in [0.1, 0.15) is 33.8 Å². The molecule has 1 heterocycles. The number of aliphatic hydroxyl groups is 1. The molecule has 2 aromatic rings. The Bertz CT molecular complexity index is 762. The molecule has 1 aromatic carbocycles. The Kier molecular flexibility index (Phi) is 7.15. The number of alkyl halides is 1. The van der Waals surface area contributed by atoms with Crippen LogP contribution in [-0.4, -0.2) is 30.3 Å². The summed E-state index contributed by atoms with van der Waals surface area (Å²) in [5.41, 5.74) is 0. The molecule has 7 heteroatoms. The molecular weight excluding hydrogens is 410 g/mol. The fourth-order valence-electron chi connectivity index (χ4n) is 3.67. The van der Waals surface area contributed by atoms with Gasteiger partial charge in [0.15, 0.2) is 6.29 Å². The number of halogens is 3. The maximum atomic E-state index is 14.4. The highest BCUT2D eigenvalue weighted by Crippen LogP contribution is 2.39. The number of ether oxygens (including phenoxy) is 1. The summed E-state index contributed by atoms with van der Waals surface area (Å²) in [6, 6.07) is 8.66. The first-order valence-electron chi connectivity index (χ1n) is 8.91. The normalized spacial score (nSPS) is 24.9. The van der Waals surface area contributed by atoms with Gasteiger partial charge in [0.25, 0.3) is 0 Å². The standard InChI is InChI=1S/C20H21Cl2FO3S/c21-12-6-13(22)8-14(7-12)26-11-18-17(19(23)9-20(18)25)3-1-2-15-4-5-16(10-24)27-15/h4-8,10,17-20,25H,1-3,9,11H2/t17?,18-,19-,20-/m1/s1. The number of carbonyl (C=O) groups excluding carboxylic acids is 1. The van der Waals surface area contributed by atoms with E-state index < -0.39 is 12.3 Å². The molecule has 1 unspecified atom stereocenters. The zero-order chi connectivity index (χ0) is 19.4. The van der Waals surface area contributed by atoms with Crippen molar-refractivity contribution in [2.24, 2.45) is 11.8 Å². The van der Waals surface area contributed by atoms with Crippen molar-refractivity contribution < 1.29 is 19.0 Å². The quantitative estimate of drug-likeness (QED) is 0.553. The highest BCUT2D eigenvalue weighted by Gasteiger charge is 2.42. The molecule has 4 atom stereocenters. The fourth-order valence-corrected chi connectivity index (χ4v) is 5.05. The lowest BCUT2D eigenvalue weighted by atomic mass is 9.90. The summed E-state index contributed by atoms with van der Waals surface area (Å²) in [7, 11) is 0. The number of hydrogen-bond donors (Lipinski definition) is 1. The van der Waals surface area contributed by atoms with Crippen molar-refractivity contribution >= 4 is 40.8 Å². The predicted octanol–water partition coefficient (Wildman–Crippen LogP) is 5.60. The van der Waals surface area contributed by atoms with Gasteiger partial charge in [-0.25, -0.2) is 4.39 Å². The van der Waals surface area contributed by atoms with Crippen LogP contribution >= 0.6 is 34.5 Å². The Morgan fingerprint density at radius 1 is 1.22 bits per heavy atom. The van der Waals surface area contributed by atoms with E-state index in [9.17, 15) is 14.3 Å². The van der Waals surface area contributed by atoms with Crippen LogP contribution in [0.25, 0.3) is 0 Å². The molecule has 0 spiro atoms. The SMILES string of the molecule is O=Cc1ccc(CCCC2[C@H](F)C[C@@H](O)[C@@H]2COc2cc(Cl)cc(Cl)c2)s1. The van der Waals surface area contributed by atoms with Crippen LogP contribution in [0.15, 0.2) is 30.3 Å². The van der Waals surface area contributed by atoms with Gasteiger partial charge in [-0.05, 0) is 55.5 Å². The maximum absolute atomic E-state index is 14.4. The Balaban J connectivity index is 1.56. The summed E-state index contributed by atoms with van der Waals surface area (Å²) in [5.74, 6) is -0.00692. The van der Waals surface area contributed by atoms with Crippen LogP contribution < -0.4 is 4.74 Å². The minimum Gasteiger partial charge on any atom is -0.493 e. The number of hydrogen-bond acceptors (Lipinski definition) is 4. The second-order valence-corrected chi connectivity index (χ2v) is 8.95. The highest BCUT2D eigenvalue weighted by atomic mass is 35.5. The average Bonchev–Trinajstić information content (AvgIpc) is 3.17. The molecule has 1 aliphatic carbocycles. The molecule has 27 heavy (non-hydrogen) atoms. The first-order chi connectivity index (χ1) is 13.0. The molecule has 146 valence electrons. The third kappa shape index (κ3) is 5.44. The second-order valence-electron chi connectivity index (χ2n) is 6.88. The van der Waals surface area contributed by atoms with Crippen LogP contribution in [0.3, 0.4) is 0 Å². The third-order valence-electron chi connectivity index (χ3n) is 5.01. The van der Waals surface area contributed by atoms with Crippen molar-refractivity contribution in [3.8, 4) is 5.75 Å². The van der Waals surface area contributed by atoms with E-state index in [0.29, 0.717) is 27.1 Å². The Labute approximate surface area is 172 Å². The summed E-state index contributed by atoms with van der Waals surface area (Å²) < 4.78 is 20.2. The first kappa shape index (κ1) is 20.6. The van der Waals surface area contributed by atoms with E-state index in [1.165, 1.54) is 11.3 Å². The van der Waals surface area contributed by atoms with E-state index in [4.69, 9.17) is 27.9 Å². The van der Waals surface area contributed by atoms with Gasteiger partial charge in [0.1, 0.15) is 11.9 Å². The molecule has 0 saturated heterocycles. The summed E-state index contributed by atoms with van der Waals surface area (Å²) in [5, 5.41) is 11.2. The molecule has 0 aliphatic heterocycles. The number of aldehydes is 1. The van der Waals surface area contributed by atoms with Crippen molar-refractivity contribution in [1.29, 1.82) is 0 Å². The van der Waals surface area contributed by atoms with E-state index in [1.54, 1.807) is 24.3 Å². The van der Waals surface area contributed by atoms with Gasteiger partial charge in [-0.1, -0.05) is 23.2 Å². The van der Waals surface area contributed by atoms with Crippen LogP contribution in [0, 0.1) is 11.8 Å². The molecular formula is C20H21Cl2FO3S. The van der Waals surface area contributed by atoms with Crippen molar-refractivity contribution in [3.63, 3.8) is 0 Å². The van der Waals surface area contributed by atoms with Crippen LogP contribution in [0.4, 0.5) is 4.39 Å². The highest BCUT2D eigenvalue weighted by molar-refractivity contribution is 7.13. The number of thiophene rings is 1. The molecule has 1 aliphatic rings. The zero-order valence-electron chi connectivity index (χ0n) is 14.6. The lowest BCUT2D eigenvalue weighted by molar-refractivity contribution is 0.0766. The summed E-state index contributed by atoms with van der Waals surface area (Å²) >= 11 is 13.4. The second kappa shape index (κ2) is 9.37. The van der Waals surface area contributed by atoms with E-state index in [2.05, 4.69) is 0 Å². The zero-order valence-corrected chi connectivity index (χ0v) is 16.9. The lowest BCUT2D eigenvalue weighted by Crippen LogP contribution is -2.27. The van der Waals surface area contributed by atoms with Gasteiger partial charge in [-0.3, -0.25) is 4.79 Å². The van der Waals surface area contributed by atoms with E-state index in [1.807, 2.05) is 6.07 Å². The van der Waals surface area contributed by atoms with Gasteiger partial charge in [0, 0.05) is 27.3 Å². The number of aliphatic hydroxyl groups excluding tert-OH is 1. The van der Waals surface area contributed by atoms with Gasteiger partial charge in [0.2, 0.25) is 0 Å². The summed E-state index contributed by atoms with van der Waals surface area (Å²) in [4.78, 5) is 12.6. The number of rotatable bonds is 8. The van der Waals surface area contributed by atoms with Crippen LogP contribution in [0.2, 0.25) is 10.0 Å². The molecule has 0 bridgehead atoms. The summed E-state index contributed by atoms with van der Waals surface area (Å²) in [6.07, 6.45) is 1.49. The van der Waals surface area contributed by atoms with Gasteiger partial charge < -0.3 is 9.84 Å². The van der Waals surface area contributed by atoms with Crippen molar-refractivity contribution in [3.05, 3.63) is 50.1 Å². The van der Waals surface area contributed by atoms with Crippen molar-refractivity contribution in [2.45, 2.75) is 38.0 Å². The van der Waals surface area contributed by atoms with Gasteiger partial charge in [0.05, 0.1) is 17.6 Å².